The van der Waals surface area contributed by atoms with E-state index in [1.54, 1.807) is 24.3 Å². The molecule has 0 saturated heterocycles. The topological polar surface area (TPSA) is 82.1 Å². The summed E-state index contributed by atoms with van der Waals surface area (Å²) in [6.45, 7) is 2.08. The van der Waals surface area contributed by atoms with Crippen LogP contribution in [0.25, 0.3) is 0 Å². The van der Waals surface area contributed by atoms with Crippen LogP contribution in [0.2, 0.25) is 5.02 Å². The summed E-state index contributed by atoms with van der Waals surface area (Å²) in [4.78, 5) is 12.4. The minimum absolute atomic E-state index is 0.0267. The Bertz CT molecular complexity index is 1230. The Hall–Kier alpha value is -3.23. The van der Waals surface area contributed by atoms with Crippen LogP contribution in [0.3, 0.4) is 0 Å². The highest BCUT2D eigenvalue weighted by Gasteiger charge is 2.26. The molecular formula is C24H24ClNO6S. The molecule has 0 aliphatic heterocycles. The summed E-state index contributed by atoms with van der Waals surface area (Å²) < 4.78 is 43.5. The van der Waals surface area contributed by atoms with Crippen LogP contribution in [0, 0.1) is 6.92 Å². The lowest BCUT2D eigenvalue weighted by Gasteiger charge is -2.22. The number of nitrogens with zero attached hydrogens (tertiary/aromatic N) is 1. The maximum atomic E-state index is 13.2. The Labute approximate surface area is 198 Å². The number of anilines is 1. The molecule has 3 aromatic rings. The standard InChI is InChI=1S/C24H24ClNO6S/c1-17-8-10-18(11-9-17)31-14-15-32-24(27)20-16-19(12-13-21(20)25)33(28,29)26(2)22-6-4-5-7-23(22)30-3/h4-13,16H,14-15H2,1-3H3. The molecule has 0 amide bonds. The lowest BCUT2D eigenvalue weighted by Crippen LogP contribution is -2.27. The van der Waals surface area contributed by atoms with Crippen molar-refractivity contribution in [2.24, 2.45) is 0 Å². The Balaban J connectivity index is 1.72. The van der Waals surface area contributed by atoms with Crippen LogP contribution < -0.4 is 13.8 Å². The van der Waals surface area contributed by atoms with E-state index in [0.29, 0.717) is 17.2 Å². The van der Waals surface area contributed by atoms with Crippen molar-refractivity contribution in [3.63, 3.8) is 0 Å². The highest BCUT2D eigenvalue weighted by Crippen LogP contribution is 2.32. The van der Waals surface area contributed by atoms with Crippen LogP contribution in [0.1, 0.15) is 15.9 Å². The van der Waals surface area contributed by atoms with E-state index in [0.717, 1.165) is 9.87 Å². The zero-order valence-corrected chi connectivity index (χ0v) is 20.0. The van der Waals surface area contributed by atoms with Gasteiger partial charge in [0.2, 0.25) is 0 Å². The number of carbonyl (C=O) groups excluding carboxylic acids is 1. The Kier molecular flexibility index (Phi) is 7.84. The normalized spacial score (nSPS) is 11.0. The van der Waals surface area contributed by atoms with E-state index >= 15 is 0 Å². The summed E-state index contributed by atoms with van der Waals surface area (Å²) in [5, 5.41) is 0.0818. The Morgan fingerprint density at radius 1 is 1.00 bits per heavy atom. The van der Waals surface area contributed by atoms with E-state index in [-0.39, 0.29) is 28.7 Å². The lowest BCUT2D eigenvalue weighted by atomic mass is 10.2. The molecule has 0 radical (unpaired) electrons. The smallest absolute Gasteiger partial charge is 0.339 e. The fourth-order valence-electron chi connectivity index (χ4n) is 3.00. The Morgan fingerprint density at radius 2 is 1.70 bits per heavy atom. The van der Waals surface area contributed by atoms with Crippen molar-refractivity contribution in [2.75, 3.05) is 31.7 Å². The van der Waals surface area contributed by atoms with Gasteiger partial charge in [0, 0.05) is 7.05 Å². The van der Waals surface area contributed by atoms with Crippen LogP contribution in [-0.2, 0) is 14.8 Å². The molecule has 0 N–H and O–H groups in total. The second-order valence-corrected chi connectivity index (χ2v) is 9.46. The first-order valence-electron chi connectivity index (χ1n) is 10.0. The highest BCUT2D eigenvalue weighted by molar-refractivity contribution is 7.92. The molecule has 0 fully saturated rings. The van der Waals surface area contributed by atoms with Gasteiger partial charge in [-0.15, -0.1) is 0 Å². The number of aryl methyl sites for hydroxylation is 1. The first-order valence-corrected chi connectivity index (χ1v) is 11.8. The molecule has 0 unspecified atom stereocenters. The van der Waals surface area contributed by atoms with Crippen molar-refractivity contribution in [2.45, 2.75) is 11.8 Å². The molecule has 3 rings (SSSR count). The summed E-state index contributed by atoms with van der Waals surface area (Å²) in [6.07, 6.45) is 0. The number of para-hydroxylation sites is 2. The maximum Gasteiger partial charge on any atom is 0.339 e. The van der Waals surface area contributed by atoms with Gasteiger partial charge in [-0.3, -0.25) is 4.31 Å². The van der Waals surface area contributed by atoms with Crippen molar-refractivity contribution in [3.8, 4) is 11.5 Å². The molecule has 0 saturated carbocycles. The van der Waals surface area contributed by atoms with Crippen molar-refractivity contribution in [1.82, 2.24) is 0 Å². The molecular weight excluding hydrogens is 466 g/mol. The van der Waals surface area contributed by atoms with Crippen molar-refractivity contribution in [1.29, 1.82) is 0 Å². The highest BCUT2D eigenvalue weighted by atomic mass is 35.5. The van der Waals surface area contributed by atoms with Crippen molar-refractivity contribution < 1.29 is 27.4 Å². The predicted molar refractivity (Wildman–Crippen MR) is 127 cm³/mol. The van der Waals surface area contributed by atoms with E-state index in [4.69, 9.17) is 25.8 Å². The van der Waals surface area contributed by atoms with E-state index in [1.807, 2.05) is 31.2 Å². The van der Waals surface area contributed by atoms with Gasteiger partial charge >= 0.3 is 5.97 Å². The average molecular weight is 490 g/mol. The average Bonchev–Trinajstić information content (AvgIpc) is 2.82. The monoisotopic (exact) mass is 489 g/mol. The van der Waals surface area contributed by atoms with Gasteiger partial charge in [0.25, 0.3) is 10.0 Å². The minimum Gasteiger partial charge on any atom is -0.495 e. The quantitative estimate of drug-likeness (QED) is 0.319. The van der Waals surface area contributed by atoms with Crippen LogP contribution in [0.4, 0.5) is 5.69 Å². The molecule has 0 spiro atoms. The van der Waals surface area contributed by atoms with Crippen LogP contribution in [0.5, 0.6) is 11.5 Å². The van der Waals surface area contributed by atoms with Crippen LogP contribution in [0.15, 0.2) is 71.6 Å². The largest absolute Gasteiger partial charge is 0.495 e. The number of carbonyl (C=O) groups is 1. The SMILES string of the molecule is COc1ccccc1N(C)S(=O)(=O)c1ccc(Cl)c(C(=O)OCCOc2ccc(C)cc2)c1. The minimum atomic E-state index is -4.00. The molecule has 0 atom stereocenters. The molecule has 0 heterocycles. The number of ether oxygens (including phenoxy) is 3. The van der Waals surface area contributed by atoms with Gasteiger partial charge in [0.05, 0.1) is 28.3 Å². The van der Waals surface area contributed by atoms with Gasteiger partial charge in [-0.25, -0.2) is 13.2 Å². The number of rotatable bonds is 9. The van der Waals surface area contributed by atoms with Gasteiger partial charge in [-0.1, -0.05) is 41.4 Å². The Morgan fingerprint density at radius 3 is 2.39 bits per heavy atom. The van der Waals surface area contributed by atoms with E-state index in [1.165, 1.54) is 32.4 Å². The third-order valence-electron chi connectivity index (χ3n) is 4.85. The predicted octanol–water partition coefficient (Wildman–Crippen LogP) is 4.72. The van der Waals surface area contributed by atoms with Gasteiger partial charge in [0.15, 0.2) is 0 Å². The number of hydrogen-bond donors (Lipinski definition) is 0. The van der Waals surface area contributed by atoms with E-state index < -0.39 is 16.0 Å². The number of benzene rings is 3. The van der Waals surface area contributed by atoms with Gasteiger partial charge in [0.1, 0.15) is 24.7 Å². The second-order valence-electron chi connectivity index (χ2n) is 7.08. The maximum absolute atomic E-state index is 13.2. The molecule has 0 aliphatic carbocycles. The zero-order valence-electron chi connectivity index (χ0n) is 18.4. The van der Waals surface area contributed by atoms with Crippen LogP contribution in [-0.4, -0.2) is 41.8 Å². The summed E-state index contributed by atoms with van der Waals surface area (Å²) >= 11 is 6.15. The fraction of sp³-hybridized carbons (Fsp3) is 0.208. The van der Waals surface area contributed by atoms with Gasteiger partial charge in [-0.2, -0.15) is 0 Å². The molecule has 7 nitrogen and oxygen atoms in total. The number of methoxy groups -OCH3 is 1. The summed E-state index contributed by atoms with van der Waals surface area (Å²) in [5.41, 5.74) is 1.41. The third-order valence-corrected chi connectivity index (χ3v) is 6.94. The summed E-state index contributed by atoms with van der Waals surface area (Å²) in [5.74, 6) is 0.303. The number of sulfonamides is 1. The number of esters is 1. The lowest BCUT2D eigenvalue weighted by molar-refractivity contribution is 0.0450. The third kappa shape index (κ3) is 5.77. The molecule has 3 aromatic carbocycles. The molecule has 9 heteroatoms. The first-order chi connectivity index (χ1) is 15.7. The summed E-state index contributed by atoms with van der Waals surface area (Å²) in [6, 6.07) is 18.1. The van der Waals surface area contributed by atoms with Crippen molar-refractivity contribution >= 4 is 33.3 Å². The molecule has 0 aliphatic rings. The van der Waals surface area contributed by atoms with Gasteiger partial charge in [-0.05, 0) is 49.4 Å². The zero-order chi connectivity index (χ0) is 24.0. The molecule has 33 heavy (non-hydrogen) atoms. The van der Waals surface area contributed by atoms with Crippen LogP contribution >= 0.6 is 11.6 Å². The molecule has 0 bridgehead atoms. The van der Waals surface area contributed by atoms with Crippen molar-refractivity contribution in [3.05, 3.63) is 82.9 Å². The summed E-state index contributed by atoms with van der Waals surface area (Å²) in [7, 11) is -1.14. The second kappa shape index (κ2) is 10.6. The molecule has 0 aromatic heterocycles. The van der Waals surface area contributed by atoms with E-state index in [2.05, 4.69) is 0 Å². The van der Waals surface area contributed by atoms with E-state index in [9.17, 15) is 13.2 Å². The molecule has 174 valence electrons. The first kappa shape index (κ1) is 24.4. The fourth-order valence-corrected chi connectivity index (χ4v) is 4.43. The number of halogens is 1. The number of hydrogen-bond acceptors (Lipinski definition) is 6. The van der Waals surface area contributed by atoms with Gasteiger partial charge < -0.3 is 14.2 Å².